The van der Waals surface area contributed by atoms with Gasteiger partial charge in [-0.1, -0.05) is 19.9 Å². The summed E-state index contributed by atoms with van der Waals surface area (Å²) in [4.78, 5) is 15.5. The van der Waals surface area contributed by atoms with Crippen molar-refractivity contribution in [2.24, 2.45) is 11.8 Å². The number of rotatable bonds is 6. The lowest BCUT2D eigenvalue weighted by Gasteiger charge is -2.14. The number of aliphatic carboxylic acids is 1. The van der Waals surface area contributed by atoms with Crippen LogP contribution in [0.15, 0.2) is 24.4 Å². The molecule has 1 unspecified atom stereocenters. The lowest BCUT2D eigenvalue weighted by molar-refractivity contribution is -0.142. The summed E-state index contributed by atoms with van der Waals surface area (Å²) < 4.78 is 1.50. The standard InChI is InChI=1S/C13H17N5O2/c1-9(2)7-10(13(19)20)8-18-12(15-16-17-18)11-5-3-4-6-14-11/h3-6,9-10H,7-8H2,1-2H3,(H,19,20). The fourth-order valence-corrected chi connectivity index (χ4v) is 2.04. The van der Waals surface area contributed by atoms with Gasteiger partial charge in [0.1, 0.15) is 5.69 Å². The van der Waals surface area contributed by atoms with Gasteiger partial charge in [0.05, 0.1) is 12.5 Å². The van der Waals surface area contributed by atoms with Crippen molar-refractivity contribution >= 4 is 5.97 Å². The summed E-state index contributed by atoms with van der Waals surface area (Å²) in [5.41, 5.74) is 0.631. The number of carboxylic acids is 1. The van der Waals surface area contributed by atoms with Crippen molar-refractivity contribution in [3.63, 3.8) is 0 Å². The lowest BCUT2D eigenvalue weighted by Crippen LogP contribution is -2.23. The van der Waals surface area contributed by atoms with Crippen molar-refractivity contribution in [2.45, 2.75) is 26.8 Å². The van der Waals surface area contributed by atoms with Crippen LogP contribution in [0.3, 0.4) is 0 Å². The van der Waals surface area contributed by atoms with E-state index in [9.17, 15) is 9.90 Å². The monoisotopic (exact) mass is 275 g/mol. The van der Waals surface area contributed by atoms with Crippen LogP contribution < -0.4 is 0 Å². The highest BCUT2D eigenvalue weighted by molar-refractivity contribution is 5.70. The van der Waals surface area contributed by atoms with E-state index >= 15 is 0 Å². The SMILES string of the molecule is CC(C)CC(Cn1nnnc1-c1ccccn1)C(=O)O. The Hall–Kier alpha value is -2.31. The molecule has 2 aromatic heterocycles. The van der Waals surface area contributed by atoms with Gasteiger partial charge in [-0.05, 0) is 34.9 Å². The highest BCUT2D eigenvalue weighted by atomic mass is 16.4. The van der Waals surface area contributed by atoms with Crippen molar-refractivity contribution in [1.82, 2.24) is 25.2 Å². The molecule has 0 aromatic carbocycles. The first-order valence-electron chi connectivity index (χ1n) is 6.48. The summed E-state index contributed by atoms with van der Waals surface area (Å²) >= 11 is 0. The van der Waals surface area contributed by atoms with Crippen LogP contribution in [0.25, 0.3) is 11.5 Å². The van der Waals surface area contributed by atoms with Crippen LogP contribution in [0.5, 0.6) is 0 Å². The molecule has 0 spiro atoms. The molecule has 7 heteroatoms. The quantitative estimate of drug-likeness (QED) is 0.858. The summed E-state index contributed by atoms with van der Waals surface area (Å²) in [5, 5.41) is 20.7. The van der Waals surface area contributed by atoms with E-state index in [0.717, 1.165) is 0 Å². The molecule has 2 rings (SSSR count). The van der Waals surface area contributed by atoms with Gasteiger partial charge in [-0.2, -0.15) is 0 Å². The van der Waals surface area contributed by atoms with Gasteiger partial charge in [-0.15, -0.1) is 5.10 Å². The molecule has 106 valence electrons. The van der Waals surface area contributed by atoms with Crippen LogP contribution in [0, 0.1) is 11.8 Å². The number of carboxylic acid groups (broad SMARTS) is 1. The highest BCUT2D eigenvalue weighted by Crippen LogP contribution is 2.17. The largest absolute Gasteiger partial charge is 0.481 e. The number of pyridine rings is 1. The molecule has 1 N–H and O–H groups in total. The van der Waals surface area contributed by atoms with E-state index in [4.69, 9.17) is 0 Å². The molecule has 2 aromatic rings. The van der Waals surface area contributed by atoms with Crippen molar-refractivity contribution < 1.29 is 9.90 Å². The zero-order chi connectivity index (χ0) is 14.5. The maximum atomic E-state index is 11.3. The molecule has 0 saturated heterocycles. The number of nitrogens with zero attached hydrogens (tertiary/aromatic N) is 5. The molecule has 0 aliphatic rings. The van der Waals surface area contributed by atoms with E-state index in [1.54, 1.807) is 18.3 Å². The maximum Gasteiger partial charge on any atom is 0.308 e. The van der Waals surface area contributed by atoms with Crippen LogP contribution in [-0.2, 0) is 11.3 Å². The second kappa shape index (κ2) is 6.23. The molecular formula is C13H17N5O2. The second-order valence-electron chi connectivity index (χ2n) is 5.06. The molecule has 0 amide bonds. The number of tetrazole rings is 1. The first-order valence-corrected chi connectivity index (χ1v) is 6.48. The zero-order valence-electron chi connectivity index (χ0n) is 11.5. The van der Waals surface area contributed by atoms with Gasteiger partial charge < -0.3 is 5.11 Å². The number of hydrogen-bond acceptors (Lipinski definition) is 5. The minimum absolute atomic E-state index is 0.242. The third-order valence-corrected chi connectivity index (χ3v) is 2.92. The van der Waals surface area contributed by atoms with Crippen molar-refractivity contribution in [1.29, 1.82) is 0 Å². The van der Waals surface area contributed by atoms with E-state index in [1.807, 2.05) is 19.9 Å². The normalized spacial score (nSPS) is 12.6. The Balaban J connectivity index is 2.22. The van der Waals surface area contributed by atoms with Gasteiger partial charge in [0, 0.05) is 6.20 Å². The topological polar surface area (TPSA) is 93.8 Å². The lowest BCUT2D eigenvalue weighted by atomic mass is 9.97. The number of aromatic nitrogens is 5. The van der Waals surface area contributed by atoms with E-state index < -0.39 is 11.9 Å². The van der Waals surface area contributed by atoms with Gasteiger partial charge in [-0.3, -0.25) is 9.78 Å². The summed E-state index contributed by atoms with van der Waals surface area (Å²) in [6, 6.07) is 5.43. The number of hydrogen-bond donors (Lipinski definition) is 1. The molecular weight excluding hydrogens is 258 g/mol. The Morgan fingerprint density at radius 1 is 1.40 bits per heavy atom. The van der Waals surface area contributed by atoms with Crippen LogP contribution in [0.2, 0.25) is 0 Å². The molecule has 0 aliphatic heterocycles. The Bertz CT molecular complexity index is 567. The van der Waals surface area contributed by atoms with Crippen molar-refractivity contribution in [2.75, 3.05) is 0 Å². The molecule has 0 bridgehead atoms. The Kier molecular flexibility index (Phi) is 4.39. The van der Waals surface area contributed by atoms with Gasteiger partial charge in [0.25, 0.3) is 0 Å². The zero-order valence-corrected chi connectivity index (χ0v) is 11.5. The summed E-state index contributed by atoms with van der Waals surface area (Å²) in [6.45, 7) is 4.23. The Morgan fingerprint density at radius 2 is 2.20 bits per heavy atom. The summed E-state index contributed by atoms with van der Waals surface area (Å²) in [5.74, 6) is -0.561. The van der Waals surface area contributed by atoms with E-state index in [2.05, 4.69) is 20.5 Å². The smallest absolute Gasteiger partial charge is 0.308 e. The van der Waals surface area contributed by atoms with Gasteiger partial charge in [-0.25, -0.2) is 4.68 Å². The molecule has 1 atom stereocenters. The molecule has 0 fully saturated rings. The Morgan fingerprint density at radius 3 is 2.80 bits per heavy atom. The maximum absolute atomic E-state index is 11.3. The molecule has 20 heavy (non-hydrogen) atoms. The van der Waals surface area contributed by atoms with Crippen LogP contribution in [0.4, 0.5) is 0 Å². The fraction of sp³-hybridized carbons (Fsp3) is 0.462. The van der Waals surface area contributed by atoms with E-state index in [-0.39, 0.29) is 6.54 Å². The first-order chi connectivity index (χ1) is 9.58. The van der Waals surface area contributed by atoms with Crippen LogP contribution in [0.1, 0.15) is 20.3 Å². The van der Waals surface area contributed by atoms with Crippen molar-refractivity contribution in [3.8, 4) is 11.5 Å². The fourth-order valence-electron chi connectivity index (χ4n) is 2.04. The van der Waals surface area contributed by atoms with E-state index in [0.29, 0.717) is 23.9 Å². The average Bonchev–Trinajstić information content (AvgIpc) is 2.86. The predicted octanol–water partition coefficient (Wildman–Crippen LogP) is 1.48. The summed E-state index contributed by atoms with van der Waals surface area (Å²) in [7, 11) is 0. The van der Waals surface area contributed by atoms with Gasteiger partial charge >= 0.3 is 5.97 Å². The number of carbonyl (C=O) groups is 1. The Labute approximate surface area is 116 Å². The third-order valence-electron chi connectivity index (χ3n) is 2.92. The third kappa shape index (κ3) is 3.37. The van der Waals surface area contributed by atoms with Gasteiger partial charge in [0.15, 0.2) is 0 Å². The van der Waals surface area contributed by atoms with Gasteiger partial charge in [0.2, 0.25) is 5.82 Å². The molecule has 0 saturated carbocycles. The molecule has 7 nitrogen and oxygen atoms in total. The first kappa shape index (κ1) is 14.1. The van der Waals surface area contributed by atoms with Crippen molar-refractivity contribution in [3.05, 3.63) is 24.4 Å². The second-order valence-corrected chi connectivity index (χ2v) is 5.06. The minimum Gasteiger partial charge on any atom is -0.481 e. The van der Waals surface area contributed by atoms with Crippen LogP contribution >= 0.6 is 0 Å². The van der Waals surface area contributed by atoms with E-state index in [1.165, 1.54) is 4.68 Å². The summed E-state index contributed by atoms with van der Waals surface area (Å²) in [6.07, 6.45) is 2.23. The predicted molar refractivity (Wildman–Crippen MR) is 71.6 cm³/mol. The average molecular weight is 275 g/mol. The molecule has 2 heterocycles. The minimum atomic E-state index is -0.832. The van der Waals surface area contributed by atoms with Crippen LogP contribution in [-0.4, -0.2) is 36.3 Å². The molecule has 0 radical (unpaired) electrons. The highest BCUT2D eigenvalue weighted by Gasteiger charge is 2.22. The molecule has 0 aliphatic carbocycles.